The zero-order valence-corrected chi connectivity index (χ0v) is 12.4. The number of nitrogens with zero attached hydrogens (tertiary/aromatic N) is 2. The molecule has 0 aromatic carbocycles. The van der Waals surface area contributed by atoms with Gasteiger partial charge in [0, 0.05) is 30.5 Å². The molecule has 2 heterocycles. The highest BCUT2D eigenvalue weighted by atomic mass is 15.1. The molecule has 3 nitrogen and oxygen atoms in total. The molecule has 2 N–H and O–H groups in total. The fourth-order valence-corrected chi connectivity index (χ4v) is 3.86. The Morgan fingerprint density at radius 2 is 2.21 bits per heavy atom. The number of likely N-dealkylation sites (tertiary alicyclic amines) is 1. The number of fused-ring (bicyclic) bond motifs is 1. The van der Waals surface area contributed by atoms with E-state index in [0.29, 0.717) is 0 Å². The van der Waals surface area contributed by atoms with Gasteiger partial charge in [0.15, 0.2) is 0 Å². The van der Waals surface area contributed by atoms with Gasteiger partial charge in [0.2, 0.25) is 0 Å². The third kappa shape index (κ3) is 2.46. The number of hydrogen-bond acceptors (Lipinski definition) is 2. The molecule has 0 spiro atoms. The number of aryl methyl sites for hydroxylation is 1. The highest BCUT2D eigenvalue weighted by Gasteiger charge is 2.26. The van der Waals surface area contributed by atoms with Crippen LogP contribution in [0.25, 0.3) is 0 Å². The average Bonchev–Trinajstić information content (AvgIpc) is 2.97. The van der Waals surface area contributed by atoms with E-state index in [0.717, 1.165) is 12.3 Å². The minimum absolute atomic E-state index is 0.277. The van der Waals surface area contributed by atoms with E-state index < -0.39 is 0 Å². The number of rotatable bonds is 3. The number of aromatic nitrogens is 1. The van der Waals surface area contributed by atoms with Gasteiger partial charge in [0.1, 0.15) is 0 Å². The normalized spacial score (nSPS) is 27.7. The van der Waals surface area contributed by atoms with E-state index in [1.807, 2.05) is 0 Å². The van der Waals surface area contributed by atoms with E-state index in [9.17, 15) is 0 Å². The van der Waals surface area contributed by atoms with Crippen LogP contribution in [0.2, 0.25) is 0 Å². The molecule has 0 bridgehead atoms. The summed E-state index contributed by atoms with van der Waals surface area (Å²) in [7, 11) is 0. The Balaban J connectivity index is 1.78. The van der Waals surface area contributed by atoms with Gasteiger partial charge in [-0.25, -0.2) is 0 Å². The van der Waals surface area contributed by atoms with Gasteiger partial charge in [-0.2, -0.15) is 0 Å². The Kier molecular flexibility index (Phi) is 3.68. The van der Waals surface area contributed by atoms with Crippen molar-refractivity contribution in [3.05, 3.63) is 23.0 Å². The summed E-state index contributed by atoms with van der Waals surface area (Å²) in [5, 5.41) is 0. The number of hydrogen-bond donors (Lipinski definition) is 1. The molecule has 2 aliphatic rings. The predicted octanol–water partition coefficient (Wildman–Crippen LogP) is 2.47. The summed E-state index contributed by atoms with van der Waals surface area (Å²) in [6, 6.07) is 2.62. The van der Waals surface area contributed by atoms with Crippen LogP contribution in [0.1, 0.15) is 49.2 Å². The second-order valence-electron chi connectivity index (χ2n) is 6.35. The van der Waals surface area contributed by atoms with E-state index in [2.05, 4.69) is 29.4 Å². The zero-order chi connectivity index (χ0) is 13.4. The molecular weight excluding hydrogens is 234 g/mol. The topological polar surface area (TPSA) is 34.2 Å². The maximum absolute atomic E-state index is 6.26. The fraction of sp³-hybridized carbons (Fsp3) is 0.750. The van der Waals surface area contributed by atoms with E-state index >= 15 is 0 Å². The molecule has 3 heteroatoms. The van der Waals surface area contributed by atoms with Crippen LogP contribution in [0.15, 0.2) is 6.07 Å². The fourth-order valence-electron chi connectivity index (χ4n) is 3.86. The van der Waals surface area contributed by atoms with Gasteiger partial charge < -0.3 is 15.2 Å². The first-order chi connectivity index (χ1) is 9.19. The average molecular weight is 261 g/mol. The highest BCUT2D eigenvalue weighted by Crippen LogP contribution is 2.32. The summed E-state index contributed by atoms with van der Waals surface area (Å²) in [6.45, 7) is 9.47. The van der Waals surface area contributed by atoms with Gasteiger partial charge in [0.05, 0.1) is 0 Å². The molecule has 0 amide bonds. The SMILES string of the molecule is CCN1CCC(Cn2c(C)cc3c2CCCC3N)C1. The van der Waals surface area contributed by atoms with Crippen LogP contribution in [0.4, 0.5) is 0 Å². The van der Waals surface area contributed by atoms with Crippen molar-refractivity contribution >= 4 is 0 Å². The molecule has 1 fully saturated rings. The van der Waals surface area contributed by atoms with Gasteiger partial charge in [-0.1, -0.05) is 6.92 Å². The molecule has 2 atom stereocenters. The summed E-state index contributed by atoms with van der Waals surface area (Å²) < 4.78 is 2.57. The third-order valence-corrected chi connectivity index (χ3v) is 5.04. The smallest absolute Gasteiger partial charge is 0.0313 e. The molecule has 0 saturated carbocycles. The lowest BCUT2D eigenvalue weighted by Crippen LogP contribution is -2.23. The molecule has 19 heavy (non-hydrogen) atoms. The molecule has 1 saturated heterocycles. The summed E-state index contributed by atoms with van der Waals surface area (Å²) in [5.74, 6) is 0.827. The van der Waals surface area contributed by atoms with Gasteiger partial charge in [-0.15, -0.1) is 0 Å². The largest absolute Gasteiger partial charge is 0.348 e. The minimum atomic E-state index is 0.277. The first-order valence-electron chi connectivity index (χ1n) is 7.86. The molecule has 0 radical (unpaired) electrons. The lowest BCUT2D eigenvalue weighted by molar-refractivity contribution is 0.330. The van der Waals surface area contributed by atoms with Crippen molar-refractivity contribution < 1.29 is 0 Å². The zero-order valence-electron chi connectivity index (χ0n) is 12.4. The van der Waals surface area contributed by atoms with E-state index in [1.165, 1.54) is 62.4 Å². The third-order valence-electron chi connectivity index (χ3n) is 5.04. The second kappa shape index (κ2) is 5.29. The summed E-state index contributed by atoms with van der Waals surface area (Å²) in [6.07, 6.45) is 4.99. The van der Waals surface area contributed by atoms with E-state index in [1.54, 1.807) is 0 Å². The summed E-state index contributed by atoms with van der Waals surface area (Å²) in [5.41, 5.74) is 10.6. The summed E-state index contributed by atoms with van der Waals surface area (Å²) in [4.78, 5) is 2.57. The maximum Gasteiger partial charge on any atom is 0.0313 e. The van der Waals surface area contributed by atoms with Crippen molar-refractivity contribution in [2.45, 2.75) is 52.1 Å². The Morgan fingerprint density at radius 3 is 2.95 bits per heavy atom. The van der Waals surface area contributed by atoms with Gasteiger partial charge in [-0.3, -0.25) is 0 Å². The van der Waals surface area contributed by atoms with Gasteiger partial charge in [0.25, 0.3) is 0 Å². The molecule has 1 aromatic rings. The van der Waals surface area contributed by atoms with Crippen molar-refractivity contribution in [1.29, 1.82) is 0 Å². The molecule has 2 unspecified atom stereocenters. The van der Waals surface area contributed by atoms with Gasteiger partial charge >= 0.3 is 0 Å². The van der Waals surface area contributed by atoms with Gasteiger partial charge in [-0.05, 0) is 63.2 Å². The van der Waals surface area contributed by atoms with Crippen LogP contribution >= 0.6 is 0 Å². The second-order valence-corrected chi connectivity index (χ2v) is 6.35. The Labute approximate surface area is 116 Å². The molecule has 106 valence electrons. The van der Waals surface area contributed by atoms with Crippen molar-refractivity contribution in [1.82, 2.24) is 9.47 Å². The summed E-state index contributed by atoms with van der Waals surface area (Å²) >= 11 is 0. The predicted molar refractivity (Wildman–Crippen MR) is 79.3 cm³/mol. The first-order valence-corrected chi connectivity index (χ1v) is 7.86. The highest BCUT2D eigenvalue weighted by molar-refractivity contribution is 5.32. The number of nitrogens with two attached hydrogens (primary N) is 1. The van der Waals surface area contributed by atoms with Crippen molar-refractivity contribution in [2.75, 3.05) is 19.6 Å². The molecule has 3 rings (SSSR count). The van der Waals surface area contributed by atoms with Crippen LogP contribution in [-0.2, 0) is 13.0 Å². The van der Waals surface area contributed by atoms with E-state index in [-0.39, 0.29) is 6.04 Å². The molecule has 1 aromatic heterocycles. The van der Waals surface area contributed by atoms with Crippen LogP contribution < -0.4 is 5.73 Å². The lowest BCUT2D eigenvalue weighted by atomic mass is 9.93. The molecule has 1 aliphatic heterocycles. The minimum Gasteiger partial charge on any atom is -0.348 e. The van der Waals surface area contributed by atoms with Crippen LogP contribution in [0.5, 0.6) is 0 Å². The Hall–Kier alpha value is -0.800. The van der Waals surface area contributed by atoms with Crippen LogP contribution in [0, 0.1) is 12.8 Å². The van der Waals surface area contributed by atoms with Crippen molar-refractivity contribution in [2.24, 2.45) is 11.7 Å². The standard InChI is InChI=1S/C16H27N3/c1-3-18-8-7-13(10-18)11-19-12(2)9-14-15(17)5-4-6-16(14)19/h9,13,15H,3-8,10-11,17H2,1-2H3. The Morgan fingerprint density at radius 1 is 1.37 bits per heavy atom. The van der Waals surface area contributed by atoms with E-state index in [4.69, 9.17) is 5.73 Å². The molecular formula is C16H27N3. The molecule has 1 aliphatic carbocycles. The van der Waals surface area contributed by atoms with Crippen molar-refractivity contribution in [3.63, 3.8) is 0 Å². The van der Waals surface area contributed by atoms with Crippen LogP contribution in [0.3, 0.4) is 0 Å². The van der Waals surface area contributed by atoms with Crippen LogP contribution in [-0.4, -0.2) is 29.1 Å². The van der Waals surface area contributed by atoms with Crippen molar-refractivity contribution in [3.8, 4) is 0 Å². The first kappa shape index (κ1) is 13.2. The lowest BCUT2D eigenvalue weighted by Gasteiger charge is -2.23. The monoisotopic (exact) mass is 261 g/mol. The quantitative estimate of drug-likeness (QED) is 0.907. The Bertz CT molecular complexity index is 449. The maximum atomic E-state index is 6.26.